The number of halogens is 1. The molecule has 1 aromatic carbocycles. The van der Waals surface area contributed by atoms with E-state index in [1.165, 1.54) is 6.07 Å². The molecule has 1 aliphatic carbocycles. The predicted octanol–water partition coefficient (Wildman–Crippen LogP) is 3.69. The minimum atomic E-state index is -0.779. The SMILES string of the molecule is Cc1nccc(-n2ccc(NC(=O)C3(c4ccccc4F)CC3)n2)c1C. The van der Waals surface area contributed by atoms with Gasteiger partial charge in [-0.25, -0.2) is 9.07 Å². The Morgan fingerprint density at radius 3 is 2.69 bits per heavy atom. The summed E-state index contributed by atoms with van der Waals surface area (Å²) in [5, 5.41) is 7.28. The van der Waals surface area contributed by atoms with E-state index in [1.54, 1.807) is 41.3 Å². The number of hydrogen-bond acceptors (Lipinski definition) is 3. The van der Waals surface area contributed by atoms with E-state index in [9.17, 15) is 9.18 Å². The number of carbonyl (C=O) groups excluding carboxylic acids is 1. The molecule has 132 valence electrons. The quantitative estimate of drug-likeness (QED) is 0.781. The first-order valence-corrected chi connectivity index (χ1v) is 8.56. The van der Waals surface area contributed by atoms with E-state index in [1.807, 2.05) is 19.9 Å². The zero-order valence-electron chi connectivity index (χ0n) is 14.7. The maximum Gasteiger partial charge on any atom is 0.236 e. The van der Waals surface area contributed by atoms with Crippen molar-refractivity contribution in [3.05, 3.63) is 71.4 Å². The van der Waals surface area contributed by atoms with Crippen molar-refractivity contribution < 1.29 is 9.18 Å². The maximum absolute atomic E-state index is 14.1. The molecular formula is C20H19FN4O. The second-order valence-electron chi connectivity index (χ2n) is 6.70. The maximum atomic E-state index is 14.1. The van der Waals surface area contributed by atoms with Crippen molar-refractivity contribution in [2.45, 2.75) is 32.1 Å². The van der Waals surface area contributed by atoms with Crippen molar-refractivity contribution in [2.24, 2.45) is 0 Å². The van der Waals surface area contributed by atoms with Crippen LogP contribution in [0.1, 0.15) is 29.7 Å². The molecule has 1 saturated carbocycles. The summed E-state index contributed by atoms with van der Waals surface area (Å²) in [4.78, 5) is 17.0. The van der Waals surface area contributed by atoms with Gasteiger partial charge in [0.1, 0.15) is 5.82 Å². The number of aryl methyl sites for hydroxylation is 1. The summed E-state index contributed by atoms with van der Waals surface area (Å²) in [6.45, 7) is 3.92. The molecule has 1 fully saturated rings. The minimum absolute atomic E-state index is 0.213. The summed E-state index contributed by atoms with van der Waals surface area (Å²) in [6, 6.07) is 10.1. The second kappa shape index (κ2) is 6.05. The Morgan fingerprint density at radius 1 is 1.19 bits per heavy atom. The van der Waals surface area contributed by atoms with Gasteiger partial charge in [-0.1, -0.05) is 18.2 Å². The molecule has 2 aromatic heterocycles. The van der Waals surface area contributed by atoms with E-state index in [2.05, 4.69) is 15.4 Å². The average Bonchev–Trinajstić information content (AvgIpc) is 3.31. The smallest absolute Gasteiger partial charge is 0.236 e. The van der Waals surface area contributed by atoms with Crippen molar-refractivity contribution in [3.63, 3.8) is 0 Å². The van der Waals surface area contributed by atoms with Gasteiger partial charge in [-0.3, -0.25) is 9.78 Å². The van der Waals surface area contributed by atoms with Gasteiger partial charge >= 0.3 is 0 Å². The van der Waals surface area contributed by atoms with Gasteiger partial charge in [0.25, 0.3) is 0 Å². The van der Waals surface area contributed by atoms with Crippen LogP contribution in [0.5, 0.6) is 0 Å². The van der Waals surface area contributed by atoms with Crippen molar-refractivity contribution in [2.75, 3.05) is 5.32 Å². The molecule has 1 N–H and O–H groups in total. The topological polar surface area (TPSA) is 59.8 Å². The van der Waals surface area contributed by atoms with Gasteiger partial charge < -0.3 is 5.32 Å². The second-order valence-corrected chi connectivity index (χ2v) is 6.70. The summed E-state index contributed by atoms with van der Waals surface area (Å²) < 4.78 is 15.8. The van der Waals surface area contributed by atoms with Gasteiger partial charge in [0.05, 0.1) is 11.1 Å². The van der Waals surface area contributed by atoms with Crippen LogP contribution in [0.2, 0.25) is 0 Å². The van der Waals surface area contributed by atoms with E-state index < -0.39 is 5.41 Å². The molecule has 0 aliphatic heterocycles. The Balaban J connectivity index is 1.57. The fraction of sp³-hybridized carbons (Fsp3) is 0.250. The van der Waals surface area contributed by atoms with Crippen molar-refractivity contribution >= 4 is 11.7 Å². The van der Waals surface area contributed by atoms with Crippen molar-refractivity contribution in [1.82, 2.24) is 14.8 Å². The van der Waals surface area contributed by atoms with Crippen LogP contribution in [0.3, 0.4) is 0 Å². The molecular weight excluding hydrogens is 331 g/mol. The lowest BCUT2D eigenvalue weighted by Gasteiger charge is -2.15. The molecule has 0 radical (unpaired) electrons. The lowest BCUT2D eigenvalue weighted by atomic mass is 9.94. The number of benzene rings is 1. The number of pyridine rings is 1. The molecule has 0 saturated heterocycles. The monoisotopic (exact) mass is 350 g/mol. The largest absolute Gasteiger partial charge is 0.308 e. The normalized spacial score (nSPS) is 14.9. The van der Waals surface area contributed by atoms with Gasteiger partial charge in [0.2, 0.25) is 5.91 Å². The van der Waals surface area contributed by atoms with E-state index in [-0.39, 0.29) is 11.7 Å². The van der Waals surface area contributed by atoms with Crippen molar-refractivity contribution in [1.29, 1.82) is 0 Å². The van der Waals surface area contributed by atoms with Gasteiger partial charge in [0.15, 0.2) is 5.82 Å². The zero-order valence-corrected chi connectivity index (χ0v) is 14.7. The number of anilines is 1. The number of amides is 1. The highest BCUT2D eigenvalue weighted by molar-refractivity contribution is 6.00. The lowest BCUT2D eigenvalue weighted by Crippen LogP contribution is -2.29. The number of rotatable bonds is 4. The molecule has 26 heavy (non-hydrogen) atoms. The minimum Gasteiger partial charge on any atom is -0.308 e. The average molecular weight is 350 g/mol. The number of nitrogens with zero attached hydrogens (tertiary/aromatic N) is 3. The standard InChI is InChI=1S/C20H19FN4O/c1-13-14(2)22-11-7-17(13)25-12-8-18(24-25)23-19(26)20(9-10-20)15-5-3-4-6-16(15)21/h3-8,11-12H,9-10H2,1-2H3,(H,23,24,26). The van der Waals surface area contributed by atoms with E-state index in [0.29, 0.717) is 24.2 Å². The number of aromatic nitrogens is 3. The Morgan fingerprint density at radius 2 is 1.96 bits per heavy atom. The summed E-state index contributed by atoms with van der Waals surface area (Å²) in [7, 11) is 0. The van der Waals surface area contributed by atoms with Crippen LogP contribution in [-0.4, -0.2) is 20.7 Å². The molecule has 0 spiro atoms. The van der Waals surface area contributed by atoms with Gasteiger partial charge in [0, 0.05) is 29.7 Å². The Bertz CT molecular complexity index is 991. The number of hydrogen-bond donors (Lipinski definition) is 1. The third-order valence-corrected chi connectivity index (χ3v) is 5.08. The molecule has 1 aliphatic rings. The van der Waals surface area contributed by atoms with Crippen LogP contribution in [0.4, 0.5) is 10.2 Å². The third-order valence-electron chi connectivity index (χ3n) is 5.08. The molecule has 0 atom stereocenters. The highest BCUT2D eigenvalue weighted by atomic mass is 19.1. The molecule has 1 amide bonds. The Labute approximate surface area is 150 Å². The molecule has 6 heteroatoms. The summed E-state index contributed by atoms with van der Waals surface area (Å²) in [6.07, 6.45) is 4.81. The van der Waals surface area contributed by atoms with E-state index in [0.717, 1.165) is 16.9 Å². The summed E-state index contributed by atoms with van der Waals surface area (Å²) in [5.41, 5.74) is 2.54. The van der Waals surface area contributed by atoms with Gasteiger partial charge in [-0.2, -0.15) is 5.10 Å². The van der Waals surface area contributed by atoms with Gasteiger partial charge in [-0.15, -0.1) is 0 Å². The molecule has 0 bridgehead atoms. The Hall–Kier alpha value is -3.02. The van der Waals surface area contributed by atoms with E-state index >= 15 is 0 Å². The first-order chi connectivity index (χ1) is 12.5. The third kappa shape index (κ3) is 2.67. The van der Waals surface area contributed by atoms with Crippen molar-refractivity contribution in [3.8, 4) is 5.69 Å². The molecule has 0 unspecified atom stereocenters. The molecule has 2 heterocycles. The van der Waals surface area contributed by atoms with Gasteiger partial charge in [-0.05, 0) is 44.4 Å². The Kier molecular flexibility index (Phi) is 3.83. The highest BCUT2D eigenvalue weighted by Gasteiger charge is 2.52. The zero-order chi connectivity index (χ0) is 18.3. The molecule has 4 rings (SSSR count). The van der Waals surface area contributed by atoms with Crippen LogP contribution in [-0.2, 0) is 10.2 Å². The molecule has 5 nitrogen and oxygen atoms in total. The fourth-order valence-electron chi connectivity index (χ4n) is 3.23. The van der Waals surface area contributed by atoms with Crippen LogP contribution in [0.15, 0.2) is 48.8 Å². The summed E-state index contributed by atoms with van der Waals surface area (Å²) in [5.74, 6) is -0.101. The van der Waals surface area contributed by atoms with Crippen LogP contribution < -0.4 is 5.32 Å². The van der Waals surface area contributed by atoms with Crippen LogP contribution >= 0.6 is 0 Å². The number of nitrogens with one attached hydrogen (secondary N) is 1. The lowest BCUT2D eigenvalue weighted by molar-refractivity contribution is -0.118. The highest BCUT2D eigenvalue weighted by Crippen LogP contribution is 2.49. The van der Waals surface area contributed by atoms with Crippen LogP contribution in [0.25, 0.3) is 5.69 Å². The first-order valence-electron chi connectivity index (χ1n) is 8.56. The fourth-order valence-corrected chi connectivity index (χ4v) is 3.23. The first kappa shape index (κ1) is 16.4. The predicted molar refractivity (Wildman–Crippen MR) is 96.8 cm³/mol. The van der Waals surface area contributed by atoms with Crippen LogP contribution in [0, 0.1) is 19.7 Å². The molecule has 3 aromatic rings. The number of carbonyl (C=O) groups is 1. The summed E-state index contributed by atoms with van der Waals surface area (Å²) >= 11 is 0. The van der Waals surface area contributed by atoms with E-state index in [4.69, 9.17) is 0 Å².